The molecule has 1 amide bonds. The second-order valence-corrected chi connectivity index (χ2v) is 16.2. The van der Waals surface area contributed by atoms with Gasteiger partial charge in [-0.05, 0) is 25.7 Å². The third-order valence-corrected chi connectivity index (χ3v) is 10.6. The van der Waals surface area contributed by atoms with Gasteiger partial charge in [0.05, 0.1) is 79.2 Å². The smallest absolute Gasteiger partial charge is 0.303 e. The van der Waals surface area contributed by atoms with Gasteiger partial charge in [0.15, 0.2) is 0 Å². The fourth-order valence-electron chi connectivity index (χ4n) is 6.86. The number of unbranched alkanes of at least 4 members (excludes halogenated alkanes) is 16. The fourth-order valence-corrected chi connectivity index (χ4v) is 6.86. The van der Waals surface area contributed by atoms with Gasteiger partial charge in [0.25, 0.3) is 0 Å². The number of carboxylic acid groups (broad SMARTS) is 1. The number of aliphatic carboxylic acids is 1. The van der Waals surface area contributed by atoms with Crippen molar-refractivity contribution < 1.29 is 52.7 Å². The first-order valence-electron chi connectivity index (χ1n) is 23.5. The lowest BCUT2D eigenvalue weighted by atomic mass is 10.0. The minimum atomic E-state index is -0.678. The molecule has 1 fully saturated rings. The van der Waals surface area contributed by atoms with E-state index in [2.05, 4.69) is 4.90 Å². The Morgan fingerprint density at radius 1 is 0.424 bits per heavy atom. The molecule has 0 aromatic carbocycles. The maximum absolute atomic E-state index is 12.7. The summed E-state index contributed by atoms with van der Waals surface area (Å²) in [6.07, 6.45) is 23.0. The molecule has 1 N–H and O–H groups in total. The number of hydrogen-bond acceptors (Lipinski definition) is 11. The highest BCUT2D eigenvalue weighted by Gasteiger charge is 2.22. The van der Waals surface area contributed by atoms with Crippen molar-refractivity contribution >= 4 is 23.4 Å². The second-order valence-electron chi connectivity index (χ2n) is 16.2. The van der Waals surface area contributed by atoms with Crippen LogP contribution >= 0.6 is 0 Å². The number of rotatable bonds is 45. The van der Waals surface area contributed by atoms with Crippen molar-refractivity contribution in [2.45, 2.75) is 155 Å². The van der Waals surface area contributed by atoms with E-state index in [1.54, 1.807) is 0 Å². The molecule has 1 heterocycles. The van der Waals surface area contributed by atoms with Crippen LogP contribution in [0.2, 0.25) is 0 Å². The second kappa shape index (κ2) is 41.4. The zero-order valence-corrected chi connectivity index (χ0v) is 37.6. The normalized spacial score (nSPS) is 13.4. The SMILES string of the molecule is CC(C)C(=O)CCOCCOCCOCCOCCOCCOCCCCC(=O)CN1CCN(C(=O)CCCCCCCCCCCCCCCCCCC(=O)O)CC1. The Bertz CT molecular complexity index is 1010. The Kier molecular flexibility index (Phi) is 38.6. The number of ether oxygens (including phenoxy) is 6. The molecule has 0 saturated carbocycles. The zero-order chi connectivity index (χ0) is 42.9. The van der Waals surface area contributed by atoms with Gasteiger partial charge in [0.2, 0.25) is 5.91 Å². The molecule has 59 heavy (non-hydrogen) atoms. The maximum Gasteiger partial charge on any atom is 0.303 e. The molecule has 0 radical (unpaired) electrons. The van der Waals surface area contributed by atoms with E-state index >= 15 is 0 Å². The monoisotopic (exact) mass is 843 g/mol. The van der Waals surface area contributed by atoms with Crippen molar-refractivity contribution in [2.75, 3.05) is 112 Å². The largest absolute Gasteiger partial charge is 0.481 e. The summed E-state index contributed by atoms with van der Waals surface area (Å²) in [5.41, 5.74) is 0. The molecule has 0 aliphatic carbocycles. The summed E-state index contributed by atoms with van der Waals surface area (Å²) in [6.45, 7) is 13.2. The number of carboxylic acids is 1. The minimum absolute atomic E-state index is 0.0546. The Morgan fingerprint density at radius 2 is 0.780 bits per heavy atom. The van der Waals surface area contributed by atoms with Gasteiger partial charge in [-0.1, -0.05) is 104 Å². The number of Topliss-reactive ketones (excluding diaryl/α,β-unsaturated/α-hetero) is 2. The van der Waals surface area contributed by atoms with E-state index in [0.29, 0.717) is 112 Å². The van der Waals surface area contributed by atoms with Gasteiger partial charge in [-0.2, -0.15) is 0 Å². The van der Waals surface area contributed by atoms with Gasteiger partial charge >= 0.3 is 5.97 Å². The van der Waals surface area contributed by atoms with Crippen LogP contribution in [0.25, 0.3) is 0 Å². The van der Waals surface area contributed by atoms with Crippen LogP contribution in [-0.2, 0) is 47.6 Å². The van der Waals surface area contributed by atoms with E-state index in [1.165, 1.54) is 77.0 Å². The minimum Gasteiger partial charge on any atom is -0.481 e. The summed E-state index contributed by atoms with van der Waals surface area (Å²) in [6, 6.07) is 0. The molecule has 1 saturated heterocycles. The average Bonchev–Trinajstić information content (AvgIpc) is 3.22. The third kappa shape index (κ3) is 37.5. The Morgan fingerprint density at radius 3 is 1.19 bits per heavy atom. The summed E-state index contributed by atoms with van der Waals surface area (Å²) >= 11 is 0. The molecule has 1 aliphatic heterocycles. The van der Waals surface area contributed by atoms with Crippen LogP contribution in [-0.4, -0.2) is 150 Å². The summed E-state index contributed by atoms with van der Waals surface area (Å²) < 4.78 is 33.0. The molecule has 0 unspecified atom stereocenters. The van der Waals surface area contributed by atoms with Crippen molar-refractivity contribution in [2.24, 2.45) is 5.92 Å². The van der Waals surface area contributed by atoms with E-state index in [4.69, 9.17) is 33.5 Å². The highest BCUT2D eigenvalue weighted by atomic mass is 16.6. The van der Waals surface area contributed by atoms with Gasteiger partial charge < -0.3 is 38.4 Å². The predicted octanol–water partition coefficient (Wildman–Crippen LogP) is 7.69. The van der Waals surface area contributed by atoms with E-state index in [1.807, 2.05) is 18.7 Å². The maximum atomic E-state index is 12.7. The Labute approximate surface area is 358 Å². The Hall–Kier alpha value is -2.00. The number of nitrogens with zero attached hydrogens (tertiary/aromatic N) is 2. The molecule has 1 aliphatic rings. The number of ketones is 2. The first-order chi connectivity index (χ1) is 28.8. The first kappa shape index (κ1) is 55.0. The molecule has 346 valence electrons. The lowest BCUT2D eigenvalue weighted by Gasteiger charge is -2.34. The van der Waals surface area contributed by atoms with Crippen LogP contribution in [0.3, 0.4) is 0 Å². The number of piperazine rings is 1. The standard InChI is InChI=1S/C46H86N2O11/c1-42(2)44(50)24-30-55-32-34-57-36-38-59-40-39-58-37-35-56-33-31-54-29-20-19-21-43(49)41-47-25-27-48(28-26-47)45(51)22-17-15-13-11-9-7-5-3-4-6-8-10-12-14-16-18-23-46(52)53/h42H,3-41H2,1-2H3,(H,52,53). The van der Waals surface area contributed by atoms with Gasteiger partial charge in [0.1, 0.15) is 11.6 Å². The van der Waals surface area contributed by atoms with E-state index in [-0.39, 0.29) is 23.4 Å². The first-order valence-corrected chi connectivity index (χ1v) is 23.5. The summed E-state index contributed by atoms with van der Waals surface area (Å²) in [4.78, 5) is 51.4. The zero-order valence-electron chi connectivity index (χ0n) is 37.6. The van der Waals surface area contributed by atoms with Gasteiger partial charge in [-0.15, -0.1) is 0 Å². The molecule has 0 atom stereocenters. The van der Waals surface area contributed by atoms with Crippen LogP contribution in [0.4, 0.5) is 0 Å². The fraction of sp³-hybridized carbons (Fsp3) is 0.913. The average molecular weight is 843 g/mol. The van der Waals surface area contributed by atoms with E-state index in [0.717, 1.165) is 64.7 Å². The predicted molar refractivity (Wildman–Crippen MR) is 232 cm³/mol. The molecular weight excluding hydrogens is 757 g/mol. The molecule has 0 bridgehead atoms. The molecule has 1 rings (SSSR count). The van der Waals surface area contributed by atoms with Gasteiger partial charge in [-0.3, -0.25) is 24.1 Å². The molecule has 0 aromatic heterocycles. The van der Waals surface area contributed by atoms with Gasteiger partial charge in [-0.25, -0.2) is 0 Å². The lowest BCUT2D eigenvalue weighted by Crippen LogP contribution is -2.49. The van der Waals surface area contributed by atoms with E-state index in [9.17, 15) is 19.2 Å². The number of carbonyl (C=O) groups excluding carboxylic acids is 3. The van der Waals surface area contributed by atoms with Crippen molar-refractivity contribution in [3.05, 3.63) is 0 Å². The third-order valence-electron chi connectivity index (χ3n) is 10.6. The molecule has 13 heteroatoms. The molecule has 13 nitrogen and oxygen atoms in total. The molecule has 0 spiro atoms. The number of hydrogen-bond donors (Lipinski definition) is 1. The molecular formula is C46H86N2O11. The highest BCUT2D eigenvalue weighted by molar-refractivity contribution is 5.81. The van der Waals surface area contributed by atoms with Crippen molar-refractivity contribution in [3.8, 4) is 0 Å². The van der Waals surface area contributed by atoms with Crippen LogP contribution in [0.5, 0.6) is 0 Å². The van der Waals surface area contributed by atoms with E-state index < -0.39 is 5.97 Å². The van der Waals surface area contributed by atoms with Crippen molar-refractivity contribution in [1.82, 2.24) is 9.80 Å². The van der Waals surface area contributed by atoms with Gasteiger partial charge in [0, 0.05) is 64.4 Å². The van der Waals surface area contributed by atoms with Crippen LogP contribution in [0, 0.1) is 5.92 Å². The number of carbonyl (C=O) groups is 4. The van der Waals surface area contributed by atoms with Crippen molar-refractivity contribution in [3.63, 3.8) is 0 Å². The van der Waals surface area contributed by atoms with Crippen molar-refractivity contribution in [1.29, 1.82) is 0 Å². The number of amides is 1. The molecule has 0 aromatic rings. The van der Waals surface area contributed by atoms with Crippen LogP contribution in [0.1, 0.15) is 155 Å². The summed E-state index contributed by atoms with van der Waals surface area (Å²) in [5.74, 6) is 0.116. The topological polar surface area (TPSA) is 150 Å². The summed E-state index contributed by atoms with van der Waals surface area (Å²) in [5, 5.41) is 8.67. The Balaban J connectivity index is 1.79. The van der Waals surface area contributed by atoms with Crippen LogP contribution in [0.15, 0.2) is 0 Å². The summed E-state index contributed by atoms with van der Waals surface area (Å²) in [7, 11) is 0. The van der Waals surface area contributed by atoms with Crippen LogP contribution < -0.4 is 0 Å². The highest BCUT2D eigenvalue weighted by Crippen LogP contribution is 2.15. The lowest BCUT2D eigenvalue weighted by molar-refractivity contribution is -0.137. The quantitative estimate of drug-likeness (QED) is 0.0599.